The quantitative estimate of drug-likeness (QED) is 0.695. The number of amides is 1. The zero-order chi connectivity index (χ0) is 10.0. The van der Waals surface area contributed by atoms with Crippen molar-refractivity contribution in [3.8, 4) is 0 Å². The summed E-state index contributed by atoms with van der Waals surface area (Å²) in [6, 6.07) is 0. The minimum Gasteiger partial charge on any atom is -0.274 e. The first-order valence-corrected chi connectivity index (χ1v) is 4.09. The van der Waals surface area contributed by atoms with Gasteiger partial charge in [0.15, 0.2) is 0 Å². The van der Waals surface area contributed by atoms with Crippen molar-refractivity contribution in [2.75, 3.05) is 5.43 Å². The Labute approximate surface area is 80.7 Å². The van der Waals surface area contributed by atoms with E-state index in [0.29, 0.717) is 0 Å². The van der Waals surface area contributed by atoms with Crippen LogP contribution in [-0.4, -0.2) is 15.6 Å². The highest BCUT2D eigenvalue weighted by molar-refractivity contribution is 9.10. The van der Waals surface area contributed by atoms with Crippen LogP contribution in [0.4, 0.5) is 0 Å². The topological polar surface area (TPSA) is 84.0 Å². The van der Waals surface area contributed by atoms with E-state index in [1.165, 1.54) is 13.1 Å². The minimum atomic E-state index is -0.691. The van der Waals surface area contributed by atoms with Gasteiger partial charge in [0.2, 0.25) is 5.91 Å². The average molecular weight is 248 g/mol. The van der Waals surface area contributed by atoms with Crippen LogP contribution in [0.15, 0.2) is 20.3 Å². The molecule has 1 aromatic heterocycles. The van der Waals surface area contributed by atoms with Crippen molar-refractivity contribution >= 4 is 21.8 Å². The zero-order valence-electron chi connectivity index (χ0n) is 6.63. The largest absolute Gasteiger partial charge is 0.347 e. The lowest BCUT2D eigenvalue weighted by molar-refractivity contribution is -0.115. The molecular formula is C6H6BrN3O3. The molecule has 0 aliphatic heterocycles. The number of nitrogens with one attached hydrogen (secondary N) is 2. The number of H-pyrrole nitrogens is 1. The second-order valence-corrected chi connectivity index (χ2v) is 3.13. The lowest BCUT2D eigenvalue weighted by Gasteiger charge is -2.03. The molecule has 1 heterocycles. The number of nitrogens with zero attached hydrogens (tertiary/aromatic N) is 1. The second kappa shape index (κ2) is 3.56. The summed E-state index contributed by atoms with van der Waals surface area (Å²) in [4.78, 5) is 34.4. The third-order valence-corrected chi connectivity index (χ3v) is 1.74. The number of carbonyl (C=O) groups is 1. The first-order chi connectivity index (χ1) is 6.00. The maximum absolute atomic E-state index is 11.0. The van der Waals surface area contributed by atoms with Crippen LogP contribution in [0.25, 0.3) is 0 Å². The van der Waals surface area contributed by atoms with E-state index < -0.39 is 17.2 Å². The maximum atomic E-state index is 11.0. The van der Waals surface area contributed by atoms with Gasteiger partial charge in [-0.1, -0.05) is 0 Å². The first-order valence-electron chi connectivity index (χ1n) is 3.30. The van der Waals surface area contributed by atoms with E-state index in [2.05, 4.69) is 21.4 Å². The van der Waals surface area contributed by atoms with E-state index in [1.807, 2.05) is 4.98 Å². The van der Waals surface area contributed by atoms with Gasteiger partial charge in [-0.2, -0.15) is 0 Å². The van der Waals surface area contributed by atoms with Crippen LogP contribution in [0.1, 0.15) is 6.92 Å². The third-order valence-electron chi connectivity index (χ3n) is 1.18. The summed E-state index contributed by atoms with van der Waals surface area (Å²) in [5.41, 5.74) is 0.979. The molecule has 0 aromatic carbocycles. The molecule has 0 radical (unpaired) electrons. The molecule has 0 fully saturated rings. The molecule has 1 aromatic rings. The molecule has 2 N–H and O–H groups in total. The maximum Gasteiger partial charge on any atom is 0.347 e. The predicted molar refractivity (Wildman–Crippen MR) is 49.1 cm³/mol. The zero-order valence-corrected chi connectivity index (χ0v) is 8.21. The summed E-state index contributed by atoms with van der Waals surface area (Å²) >= 11 is 2.92. The van der Waals surface area contributed by atoms with Crippen LogP contribution in [0.3, 0.4) is 0 Å². The first kappa shape index (κ1) is 9.72. The molecule has 0 saturated carbocycles. The van der Waals surface area contributed by atoms with Crippen molar-refractivity contribution < 1.29 is 4.79 Å². The van der Waals surface area contributed by atoms with Crippen LogP contribution in [-0.2, 0) is 4.79 Å². The standard InChI is InChI=1S/C6H6BrN3O3/c1-3(11)9-10-2-4(7)5(12)8-6(10)13/h2H,1H3,(H,9,11)(H,8,12,13). The number of aromatic nitrogens is 2. The highest BCUT2D eigenvalue weighted by atomic mass is 79.9. The molecule has 0 unspecified atom stereocenters. The van der Waals surface area contributed by atoms with Gasteiger partial charge in [-0.15, -0.1) is 0 Å². The van der Waals surface area contributed by atoms with E-state index in [4.69, 9.17) is 0 Å². The monoisotopic (exact) mass is 247 g/mol. The summed E-state index contributed by atoms with van der Waals surface area (Å²) in [5, 5.41) is 0. The Morgan fingerprint density at radius 3 is 2.77 bits per heavy atom. The number of halogens is 1. The normalized spacial score (nSPS) is 9.69. The molecule has 0 saturated heterocycles. The summed E-state index contributed by atoms with van der Waals surface area (Å²) in [6.45, 7) is 1.26. The second-order valence-electron chi connectivity index (χ2n) is 2.27. The molecular weight excluding hydrogens is 242 g/mol. The number of carbonyl (C=O) groups excluding carboxylic acids is 1. The number of rotatable bonds is 1. The molecule has 13 heavy (non-hydrogen) atoms. The number of hydrogen-bond acceptors (Lipinski definition) is 3. The van der Waals surface area contributed by atoms with Crippen molar-refractivity contribution in [3.05, 3.63) is 31.5 Å². The van der Waals surface area contributed by atoms with Gasteiger partial charge in [0, 0.05) is 6.92 Å². The van der Waals surface area contributed by atoms with E-state index in [1.54, 1.807) is 0 Å². The van der Waals surface area contributed by atoms with Crippen molar-refractivity contribution in [3.63, 3.8) is 0 Å². The number of hydrogen-bond donors (Lipinski definition) is 2. The summed E-state index contributed by atoms with van der Waals surface area (Å²) in [5.74, 6) is -0.402. The Bertz CT molecular complexity index is 447. The van der Waals surface area contributed by atoms with Gasteiger partial charge in [0.05, 0.1) is 6.20 Å². The highest BCUT2D eigenvalue weighted by Gasteiger charge is 2.01. The molecule has 0 bridgehead atoms. The molecule has 7 heteroatoms. The van der Waals surface area contributed by atoms with E-state index in [9.17, 15) is 14.4 Å². The Kier molecular flexibility index (Phi) is 2.66. The molecule has 0 aliphatic carbocycles. The average Bonchev–Trinajstić information content (AvgIpc) is 1.99. The van der Waals surface area contributed by atoms with Gasteiger partial charge >= 0.3 is 5.69 Å². The molecule has 6 nitrogen and oxygen atoms in total. The van der Waals surface area contributed by atoms with Crippen LogP contribution < -0.4 is 16.7 Å². The van der Waals surface area contributed by atoms with Gasteiger partial charge in [0.1, 0.15) is 4.47 Å². The summed E-state index contributed by atoms with van der Waals surface area (Å²) in [7, 11) is 0. The predicted octanol–water partition coefficient (Wildman–Crippen LogP) is -0.611. The number of aromatic amines is 1. The Balaban J connectivity index is 3.24. The Morgan fingerprint density at radius 1 is 1.62 bits per heavy atom. The van der Waals surface area contributed by atoms with Crippen LogP contribution in [0, 0.1) is 0 Å². The van der Waals surface area contributed by atoms with E-state index >= 15 is 0 Å². The molecule has 70 valence electrons. The summed E-state index contributed by atoms with van der Waals surface area (Å²) < 4.78 is 1.05. The fraction of sp³-hybridized carbons (Fsp3) is 0.167. The van der Waals surface area contributed by atoms with E-state index in [-0.39, 0.29) is 4.47 Å². The lowest BCUT2D eigenvalue weighted by Crippen LogP contribution is -2.36. The van der Waals surface area contributed by atoms with Crippen molar-refractivity contribution in [2.45, 2.75) is 6.92 Å². The van der Waals surface area contributed by atoms with Crippen LogP contribution >= 0.6 is 15.9 Å². The Hall–Kier alpha value is -1.37. The van der Waals surface area contributed by atoms with Gasteiger partial charge in [-0.25, -0.2) is 9.47 Å². The van der Waals surface area contributed by atoms with Crippen LogP contribution in [0.2, 0.25) is 0 Å². The van der Waals surface area contributed by atoms with Gasteiger partial charge in [-0.3, -0.25) is 20.0 Å². The molecule has 1 rings (SSSR count). The third kappa shape index (κ3) is 2.28. The fourth-order valence-electron chi connectivity index (χ4n) is 0.700. The van der Waals surface area contributed by atoms with E-state index in [0.717, 1.165) is 4.68 Å². The summed E-state index contributed by atoms with van der Waals surface area (Å²) in [6.07, 6.45) is 1.18. The van der Waals surface area contributed by atoms with Crippen molar-refractivity contribution in [2.24, 2.45) is 0 Å². The highest BCUT2D eigenvalue weighted by Crippen LogP contribution is 1.96. The van der Waals surface area contributed by atoms with Gasteiger partial charge in [0.25, 0.3) is 5.56 Å². The molecule has 1 amide bonds. The fourth-order valence-corrected chi connectivity index (χ4v) is 1.00. The lowest BCUT2D eigenvalue weighted by atomic mass is 10.6. The van der Waals surface area contributed by atoms with Crippen molar-refractivity contribution in [1.82, 2.24) is 9.66 Å². The minimum absolute atomic E-state index is 0.167. The van der Waals surface area contributed by atoms with Crippen LogP contribution in [0.5, 0.6) is 0 Å². The molecule has 0 spiro atoms. The SMILES string of the molecule is CC(=O)Nn1cc(Br)c(=O)[nH]c1=O. The Morgan fingerprint density at radius 2 is 2.23 bits per heavy atom. The van der Waals surface area contributed by atoms with Crippen molar-refractivity contribution in [1.29, 1.82) is 0 Å². The van der Waals surface area contributed by atoms with Gasteiger partial charge < -0.3 is 0 Å². The molecule has 0 atom stereocenters. The molecule has 0 aliphatic rings. The smallest absolute Gasteiger partial charge is 0.274 e. The van der Waals surface area contributed by atoms with Gasteiger partial charge in [-0.05, 0) is 15.9 Å².